The van der Waals surface area contributed by atoms with Crippen molar-refractivity contribution < 1.29 is 27.0 Å². The predicted molar refractivity (Wildman–Crippen MR) is 104 cm³/mol. The maximum Gasteiger partial charge on any atom is 0.442 e. The van der Waals surface area contributed by atoms with Crippen LogP contribution in [-0.2, 0) is 21.1 Å². The highest BCUT2D eigenvalue weighted by Crippen LogP contribution is 2.50. The molecule has 142 valence electrons. The molecular formula is C16H16BrF2O4PS2. The number of hydrogen-bond acceptors (Lipinski definition) is 4. The van der Waals surface area contributed by atoms with Crippen molar-refractivity contribution in [1.29, 1.82) is 0 Å². The van der Waals surface area contributed by atoms with Gasteiger partial charge in [-0.2, -0.15) is 20.5 Å². The lowest BCUT2D eigenvalue weighted by Crippen LogP contribution is -2.02. The minimum Gasteiger partial charge on any atom is -0.420 e. The van der Waals surface area contributed by atoms with E-state index in [1.807, 2.05) is 30.3 Å². The first-order valence-electron chi connectivity index (χ1n) is 7.39. The third-order valence-corrected chi connectivity index (χ3v) is 7.39. The lowest BCUT2D eigenvalue weighted by Gasteiger charge is -2.14. The summed E-state index contributed by atoms with van der Waals surface area (Å²) in [5, 5.41) is 0. The Morgan fingerprint density at radius 1 is 1.23 bits per heavy atom. The van der Waals surface area contributed by atoms with Crippen molar-refractivity contribution in [2.24, 2.45) is 0 Å². The molecule has 0 saturated carbocycles. The number of alkyl halides is 2. The van der Waals surface area contributed by atoms with Crippen LogP contribution in [0, 0.1) is 0 Å². The van der Waals surface area contributed by atoms with Gasteiger partial charge in [0.15, 0.2) is 0 Å². The summed E-state index contributed by atoms with van der Waals surface area (Å²) in [6.45, 7) is 0. The molecule has 26 heavy (non-hydrogen) atoms. The van der Waals surface area contributed by atoms with Gasteiger partial charge in [0.25, 0.3) is 0 Å². The van der Waals surface area contributed by atoms with Crippen molar-refractivity contribution in [1.82, 2.24) is 0 Å². The second-order valence-corrected chi connectivity index (χ2v) is 10.3. The zero-order valence-corrected chi connectivity index (χ0v) is 17.5. The van der Waals surface area contributed by atoms with Gasteiger partial charge in [-0.3, -0.25) is 4.21 Å². The highest BCUT2D eigenvalue weighted by atomic mass is 79.9. The standard InChI is InChI=1S/C16H16BrF2O4PS2/c17-14-10-12(6-7-15(14)23-24(20,21)16(18)19)11-25-8-9-26(22)13-4-2-1-3-5-13/h1-7,10,16H,8-9,11H2,(H,20,21). The van der Waals surface area contributed by atoms with Gasteiger partial charge in [-0.15, -0.1) is 0 Å². The number of thioether (sulfide) groups is 1. The predicted octanol–water partition coefficient (Wildman–Crippen LogP) is 5.28. The fraction of sp³-hybridized carbons (Fsp3) is 0.250. The van der Waals surface area contributed by atoms with E-state index in [1.165, 1.54) is 6.07 Å². The molecule has 0 bridgehead atoms. The Hall–Kier alpha value is -0.730. The third-order valence-electron chi connectivity index (χ3n) is 3.16. The van der Waals surface area contributed by atoms with Crippen LogP contribution in [0.4, 0.5) is 8.78 Å². The molecule has 0 aliphatic rings. The van der Waals surface area contributed by atoms with E-state index in [0.29, 0.717) is 21.7 Å². The van der Waals surface area contributed by atoms with Crippen molar-refractivity contribution in [2.45, 2.75) is 16.8 Å². The van der Waals surface area contributed by atoms with Crippen LogP contribution < -0.4 is 4.52 Å². The normalized spacial score (nSPS) is 14.8. The van der Waals surface area contributed by atoms with Crippen molar-refractivity contribution in [3.05, 3.63) is 58.6 Å². The third kappa shape index (κ3) is 6.46. The smallest absolute Gasteiger partial charge is 0.420 e. The van der Waals surface area contributed by atoms with E-state index in [1.54, 1.807) is 23.9 Å². The summed E-state index contributed by atoms with van der Waals surface area (Å²) in [5.74, 6) is 1.72. The second kappa shape index (κ2) is 9.99. The molecule has 4 nitrogen and oxygen atoms in total. The molecule has 0 aliphatic heterocycles. The maximum atomic E-state index is 12.4. The summed E-state index contributed by atoms with van der Waals surface area (Å²) in [7, 11) is -6.04. The number of hydrogen-bond donors (Lipinski definition) is 1. The Labute approximate surface area is 165 Å². The van der Waals surface area contributed by atoms with Crippen LogP contribution in [-0.4, -0.2) is 26.8 Å². The molecule has 0 saturated heterocycles. The second-order valence-electron chi connectivity index (χ2n) is 5.11. The van der Waals surface area contributed by atoms with Gasteiger partial charge in [0.05, 0.1) is 15.3 Å². The van der Waals surface area contributed by atoms with E-state index in [2.05, 4.69) is 20.5 Å². The summed E-state index contributed by atoms with van der Waals surface area (Å²) in [4.78, 5) is 9.88. The molecule has 0 radical (unpaired) electrons. The van der Waals surface area contributed by atoms with E-state index < -0.39 is 24.6 Å². The van der Waals surface area contributed by atoms with Crippen LogP contribution in [0.1, 0.15) is 5.56 Å². The van der Waals surface area contributed by atoms with Crippen LogP contribution in [0.5, 0.6) is 5.75 Å². The van der Waals surface area contributed by atoms with Gasteiger partial charge in [-0.25, -0.2) is 4.57 Å². The molecule has 1 N–H and O–H groups in total. The largest absolute Gasteiger partial charge is 0.442 e. The summed E-state index contributed by atoms with van der Waals surface area (Å²) < 4.78 is 53.0. The minimum atomic E-state index is -5.00. The monoisotopic (exact) mass is 484 g/mol. The maximum absolute atomic E-state index is 12.4. The summed E-state index contributed by atoms with van der Waals surface area (Å²) in [5.41, 5.74) is 0.879. The van der Waals surface area contributed by atoms with E-state index in [9.17, 15) is 17.6 Å². The summed E-state index contributed by atoms with van der Waals surface area (Å²) >= 11 is 4.73. The van der Waals surface area contributed by atoms with Crippen molar-refractivity contribution >= 4 is 46.1 Å². The summed E-state index contributed by atoms with van der Waals surface area (Å²) in [6.07, 6.45) is -3.46. The van der Waals surface area contributed by atoms with Gasteiger partial charge in [-0.1, -0.05) is 24.3 Å². The molecule has 0 heterocycles. The average Bonchev–Trinajstić information content (AvgIpc) is 2.61. The molecular weight excluding hydrogens is 469 g/mol. The quantitative estimate of drug-likeness (QED) is 0.387. The fourth-order valence-electron chi connectivity index (χ4n) is 1.90. The first-order chi connectivity index (χ1) is 12.3. The topological polar surface area (TPSA) is 63.6 Å². The summed E-state index contributed by atoms with van der Waals surface area (Å²) in [6, 6.07) is 13.9. The highest BCUT2D eigenvalue weighted by molar-refractivity contribution is 9.10. The van der Waals surface area contributed by atoms with Crippen molar-refractivity contribution in [3.63, 3.8) is 0 Å². The van der Waals surface area contributed by atoms with Crippen LogP contribution in [0.25, 0.3) is 0 Å². The van der Waals surface area contributed by atoms with Gasteiger partial charge in [0.1, 0.15) is 5.75 Å². The minimum absolute atomic E-state index is 0.116. The van der Waals surface area contributed by atoms with Crippen molar-refractivity contribution in [2.75, 3.05) is 11.5 Å². The lowest BCUT2D eigenvalue weighted by molar-refractivity contribution is 0.188. The molecule has 0 aromatic heterocycles. The van der Waals surface area contributed by atoms with Gasteiger partial charge in [0.2, 0.25) is 0 Å². The van der Waals surface area contributed by atoms with Gasteiger partial charge >= 0.3 is 13.8 Å². The molecule has 0 amide bonds. The molecule has 0 fully saturated rings. The van der Waals surface area contributed by atoms with E-state index >= 15 is 0 Å². The van der Waals surface area contributed by atoms with E-state index in [4.69, 9.17) is 4.89 Å². The van der Waals surface area contributed by atoms with Crippen LogP contribution in [0.3, 0.4) is 0 Å². The molecule has 2 aromatic carbocycles. The van der Waals surface area contributed by atoms with Crippen LogP contribution in [0.15, 0.2) is 57.9 Å². The van der Waals surface area contributed by atoms with E-state index in [-0.39, 0.29) is 5.75 Å². The Morgan fingerprint density at radius 2 is 1.92 bits per heavy atom. The molecule has 2 rings (SSSR count). The number of halogens is 3. The van der Waals surface area contributed by atoms with Gasteiger partial charge in [-0.05, 0) is 45.8 Å². The molecule has 10 heteroatoms. The van der Waals surface area contributed by atoms with Crippen LogP contribution in [0.2, 0.25) is 0 Å². The van der Waals surface area contributed by atoms with E-state index in [0.717, 1.165) is 10.5 Å². The van der Waals surface area contributed by atoms with Crippen molar-refractivity contribution in [3.8, 4) is 5.75 Å². The Balaban J connectivity index is 1.84. The number of rotatable bonds is 9. The number of benzene rings is 2. The van der Waals surface area contributed by atoms with Gasteiger partial charge < -0.3 is 9.42 Å². The first-order valence-corrected chi connectivity index (χ1v) is 12.3. The van der Waals surface area contributed by atoms with Gasteiger partial charge in [0, 0.05) is 22.2 Å². The Kier molecular flexibility index (Phi) is 8.29. The molecule has 2 atom stereocenters. The van der Waals surface area contributed by atoms with Crippen LogP contribution >= 0.6 is 35.3 Å². The Bertz CT molecular complexity index is 808. The average molecular weight is 485 g/mol. The Morgan fingerprint density at radius 3 is 2.54 bits per heavy atom. The SMILES string of the molecule is O=S(CCSCc1ccc(OP(=O)(O)C(F)F)c(Br)c1)c1ccccc1. The highest BCUT2D eigenvalue weighted by Gasteiger charge is 2.34. The molecule has 2 unspecified atom stereocenters. The molecule has 0 aliphatic carbocycles. The fourth-order valence-corrected chi connectivity index (χ4v) is 5.39. The molecule has 2 aromatic rings. The lowest BCUT2D eigenvalue weighted by atomic mass is 10.2. The zero-order chi connectivity index (χ0) is 19.2. The first kappa shape index (κ1) is 21.6. The zero-order valence-electron chi connectivity index (χ0n) is 13.4. The molecule has 0 spiro atoms.